The van der Waals surface area contributed by atoms with Gasteiger partial charge < -0.3 is 4.42 Å². The van der Waals surface area contributed by atoms with Gasteiger partial charge in [0.25, 0.3) is 5.22 Å². The molecular formula is C7H5BrN2OS2. The summed E-state index contributed by atoms with van der Waals surface area (Å²) in [5.41, 5.74) is 0. The van der Waals surface area contributed by atoms with Crippen molar-refractivity contribution in [2.45, 2.75) is 11.0 Å². The van der Waals surface area contributed by atoms with E-state index in [-0.39, 0.29) is 0 Å². The summed E-state index contributed by atoms with van der Waals surface area (Å²) in [7, 11) is 0. The van der Waals surface area contributed by atoms with Crippen molar-refractivity contribution in [2.24, 2.45) is 0 Å². The highest BCUT2D eigenvalue weighted by atomic mass is 79.9. The number of thiazole rings is 1. The molecule has 13 heavy (non-hydrogen) atoms. The van der Waals surface area contributed by atoms with Crippen LogP contribution in [0.5, 0.6) is 0 Å². The molecule has 0 aromatic carbocycles. The van der Waals surface area contributed by atoms with Crippen molar-refractivity contribution in [2.75, 3.05) is 0 Å². The van der Waals surface area contributed by atoms with Gasteiger partial charge in [0.2, 0.25) is 0 Å². The second-order valence-electron chi connectivity index (χ2n) is 2.14. The van der Waals surface area contributed by atoms with Crippen molar-refractivity contribution in [3.05, 3.63) is 27.5 Å². The molecule has 0 N–H and O–H groups in total. The van der Waals surface area contributed by atoms with E-state index in [9.17, 15) is 0 Å². The van der Waals surface area contributed by atoms with Crippen LogP contribution < -0.4 is 0 Å². The molecule has 2 heterocycles. The van der Waals surface area contributed by atoms with Gasteiger partial charge in [-0.1, -0.05) is 11.8 Å². The molecule has 0 radical (unpaired) electrons. The van der Waals surface area contributed by atoms with Gasteiger partial charge in [0.05, 0.1) is 21.9 Å². The predicted octanol–water partition coefficient (Wildman–Crippen LogP) is 3.19. The summed E-state index contributed by atoms with van der Waals surface area (Å²) < 4.78 is 6.13. The molecule has 0 fully saturated rings. The fourth-order valence-corrected chi connectivity index (χ4v) is 2.85. The maximum atomic E-state index is 5.08. The number of aromatic nitrogens is 2. The van der Waals surface area contributed by atoms with E-state index in [0.717, 1.165) is 14.5 Å². The molecule has 6 heteroatoms. The van der Waals surface area contributed by atoms with E-state index < -0.39 is 0 Å². The van der Waals surface area contributed by atoms with Gasteiger partial charge in [-0.3, -0.25) is 0 Å². The van der Waals surface area contributed by atoms with E-state index in [1.54, 1.807) is 41.8 Å². The third-order valence-corrected chi connectivity index (χ3v) is 3.78. The standard InChI is InChI=1S/C7H5BrN2OS2/c8-5-3-10-6(13-5)4-12-7-9-1-2-11-7/h1-3H,4H2. The molecule has 0 spiro atoms. The van der Waals surface area contributed by atoms with Crippen molar-refractivity contribution < 1.29 is 4.42 Å². The molecule has 2 aromatic heterocycles. The molecule has 0 aliphatic rings. The Morgan fingerprint density at radius 2 is 2.46 bits per heavy atom. The van der Waals surface area contributed by atoms with Gasteiger partial charge in [-0.25, -0.2) is 9.97 Å². The lowest BCUT2D eigenvalue weighted by atomic mass is 10.8. The molecule has 0 aliphatic heterocycles. The van der Waals surface area contributed by atoms with E-state index in [0.29, 0.717) is 5.22 Å². The van der Waals surface area contributed by atoms with Crippen LogP contribution in [0.1, 0.15) is 5.01 Å². The Labute approximate surface area is 91.7 Å². The average molecular weight is 277 g/mol. The van der Waals surface area contributed by atoms with Gasteiger partial charge in [-0.05, 0) is 15.9 Å². The van der Waals surface area contributed by atoms with Gasteiger partial charge in [0.1, 0.15) is 11.3 Å². The third-order valence-electron chi connectivity index (χ3n) is 1.25. The molecule has 2 aromatic rings. The number of hydrogen-bond donors (Lipinski definition) is 0. The molecule has 2 rings (SSSR count). The van der Waals surface area contributed by atoms with Gasteiger partial charge in [0, 0.05) is 0 Å². The largest absolute Gasteiger partial charge is 0.440 e. The number of halogens is 1. The smallest absolute Gasteiger partial charge is 0.255 e. The number of rotatable bonds is 3. The second kappa shape index (κ2) is 4.26. The average Bonchev–Trinajstić information content (AvgIpc) is 2.71. The topological polar surface area (TPSA) is 38.9 Å². The maximum Gasteiger partial charge on any atom is 0.255 e. The van der Waals surface area contributed by atoms with Crippen LogP contribution in [0.2, 0.25) is 0 Å². The monoisotopic (exact) mass is 276 g/mol. The number of thioether (sulfide) groups is 1. The third kappa shape index (κ3) is 2.55. The SMILES string of the molecule is Brc1cnc(CSc2ncco2)s1. The molecule has 0 unspecified atom stereocenters. The maximum absolute atomic E-state index is 5.08. The minimum atomic E-state index is 0.686. The van der Waals surface area contributed by atoms with Crippen LogP contribution in [-0.4, -0.2) is 9.97 Å². The minimum Gasteiger partial charge on any atom is -0.440 e. The van der Waals surface area contributed by atoms with Crippen molar-refractivity contribution in [3.63, 3.8) is 0 Å². The van der Waals surface area contributed by atoms with Gasteiger partial charge in [-0.15, -0.1) is 11.3 Å². The van der Waals surface area contributed by atoms with Gasteiger partial charge in [-0.2, -0.15) is 0 Å². The van der Waals surface area contributed by atoms with Crippen LogP contribution in [0, 0.1) is 0 Å². The second-order valence-corrected chi connectivity index (χ2v) is 5.57. The summed E-state index contributed by atoms with van der Waals surface area (Å²) in [5.74, 6) is 0.802. The normalized spacial score (nSPS) is 10.5. The fraction of sp³-hybridized carbons (Fsp3) is 0.143. The molecule has 3 nitrogen and oxygen atoms in total. The lowest BCUT2D eigenvalue weighted by Gasteiger charge is -1.90. The summed E-state index contributed by atoms with van der Waals surface area (Å²) >= 11 is 6.53. The zero-order chi connectivity index (χ0) is 9.10. The molecule has 0 atom stereocenters. The quantitative estimate of drug-likeness (QED) is 0.808. The molecule has 0 saturated heterocycles. The Morgan fingerprint density at radius 1 is 1.54 bits per heavy atom. The summed E-state index contributed by atoms with van der Waals surface area (Å²) in [6.07, 6.45) is 5.01. The van der Waals surface area contributed by atoms with Crippen molar-refractivity contribution >= 4 is 39.0 Å². The van der Waals surface area contributed by atoms with E-state index >= 15 is 0 Å². The summed E-state index contributed by atoms with van der Waals surface area (Å²) in [6, 6.07) is 0. The first-order chi connectivity index (χ1) is 6.34. The molecule has 0 amide bonds. The molecule has 0 saturated carbocycles. The Morgan fingerprint density at radius 3 is 3.08 bits per heavy atom. The summed E-state index contributed by atoms with van der Waals surface area (Å²) in [6.45, 7) is 0. The molecule has 0 aliphatic carbocycles. The zero-order valence-electron chi connectivity index (χ0n) is 6.44. The van der Waals surface area contributed by atoms with Crippen LogP contribution in [0.25, 0.3) is 0 Å². The lowest BCUT2D eigenvalue weighted by molar-refractivity contribution is 0.454. The van der Waals surface area contributed by atoms with Gasteiger partial charge in [0.15, 0.2) is 0 Å². The van der Waals surface area contributed by atoms with E-state index in [1.165, 1.54) is 0 Å². The number of nitrogens with zero attached hydrogens (tertiary/aromatic N) is 2. The van der Waals surface area contributed by atoms with Crippen LogP contribution in [0.3, 0.4) is 0 Å². The minimum absolute atomic E-state index is 0.686. The fourth-order valence-electron chi connectivity index (χ4n) is 0.760. The Bertz CT molecular complexity index is 374. The van der Waals surface area contributed by atoms with Crippen molar-refractivity contribution in [1.82, 2.24) is 9.97 Å². The highest BCUT2D eigenvalue weighted by Gasteiger charge is 2.03. The van der Waals surface area contributed by atoms with Crippen molar-refractivity contribution in [1.29, 1.82) is 0 Å². The summed E-state index contributed by atoms with van der Waals surface area (Å²) in [5, 5.41) is 1.75. The first kappa shape index (κ1) is 9.23. The van der Waals surface area contributed by atoms with Crippen LogP contribution >= 0.6 is 39.0 Å². The molecular weight excluding hydrogens is 272 g/mol. The van der Waals surface area contributed by atoms with E-state index in [2.05, 4.69) is 25.9 Å². The number of oxazole rings is 1. The Balaban J connectivity index is 1.93. The predicted molar refractivity (Wildman–Crippen MR) is 55.9 cm³/mol. The summed E-state index contributed by atoms with van der Waals surface area (Å²) in [4.78, 5) is 8.20. The van der Waals surface area contributed by atoms with E-state index in [1.807, 2.05) is 0 Å². The number of hydrogen-bond acceptors (Lipinski definition) is 5. The van der Waals surface area contributed by atoms with E-state index in [4.69, 9.17) is 4.42 Å². The highest BCUT2D eigenvalue weighted by molar-refractivity contribution is 9.11. The first-order valence-electron chi connectivity index (χ1n) is 3.47. The van der Waals surface area contributed by atoms with Crippen molar-refractivity contribution in [3.8, 4) is 0 Å². The zero-order valence-corrected chi connectivity index (χ0v) is 9.66. The highest BCUT2D eigenvalue weighted by Crippen LogP contribution is 2.25. The van der Waals surface area contributed by atoms with Crippen LogP contribution in [0.4, 0.5) is 0 Å². The van der Waals surface area contributed by atoms with Gasteiger partial charge >= 0.3 is 0 Å². The molecule has 0 bridgehead atoms. The first-order valence-corrected chi connectivity index (χ1v) is 6.06. The lowest BCUT2D eigenvalue weighted by Crippen LogP contribution is -1.76. The van der Waals surface area contributed by atoms with Crippen LogP contribution in [-0.2, 0) is 5.75 Å². The van der Waals surface area contributed by atoms with Crippen LogP contribution in [0.15, 0.2) is 32.1 Å². The Kier molecular flexibility index (Phi) is 3.02. The molecule has 68 valence electrons. The Hall–Kier alpha value is -0.330.